The summed E-state index contributed by atoms with van der Waals surface area (Å²) in [7, 11) is 0. The summed E-state index contributed by atoms with van der Waals surface area (Å²) >= 11 is 0. The van der Waals surface area contributed by atoms with Crippen molar-refractivity contribution >= 4 is 11.6 Å². The van der Waals surface area contributed by atoms with Crippen molar-refractivity contribution in [3.8, 4) is 0 Å². The molecular weight excluding hydrogens is 228 g/mol. The molecule has 1 aliphatic rings. The Hall–Kier alpha value is -1.36. The number of aryl methyl sites for hydroxylation is 1. The van der Waals surface area contributed by atoms with Gasteiger partial charge in [0.25, 0.3) is 0 Å². The van der Waals surface area contributed by atoms with E-state index in [1.54, 1.807) is 6.07 Å². The van der Waals surface area contributed by atoms with Gasteiger partial charge in [-0.1, -0.05) is 6.92 Å². The van der Waals surface area contributed by atoms with Crippen LogP contribution in [-0.4, -0.2) is 29.7 Å². The Labute approximate surface area is 108 Å². The van der Waals surface area contributed by atoms with Crippen molar-refractivity contribution in [3.63, 3.8) is 0 Å². The van der Waals surface area contributed by atoms with E-state index in [0.717, 1.165) is 50.7 Å². The molecule has 1 fully saturated rings. The maximum atomic E-state index is 5.77. The first kappa shape index (κ1) is 13.1. The number of hydrogen-bond acceptors (Lipinski definition) is 5. The number of nitrogen functional groups attached to an aromatic ring is 1. The van der Waals surface area contributed by atoms with Gasteiger partial charge in [-0.2, -0.15) is 0 Å². The first-order valence-electron chi connectivity index (χ1n) is 6.73. The van der Waals surface area contributed by atoms with Crippen LogP contribution in [0, 0.1) is 5.92 Å². The number of rotatable bonds is 6. The Morgan fingerprint density at radius 1 is 1.50 bits per heavy atom. The summed E-state index contributed by atoms with van der Waals surface area (Å²) in [6.07, 6.45) is 4.19. The molecule has 3 N–H and O–H groups in total. The SMILES string of the molecule is CCCc1nc(N)cc(NCCC2CCOC2)n1. The monoisotopic (exact) mass is 250 g/mol. The quantitative estimate of drug-likeness (QED) is 0.806. The largest absolute Gasteiger partial charge is 0.384 e. The van der Waals surface area contributed by atoms with Crippen LogP contribution in [0.2, 0.25) is 0 Å². The van der Waals surface area contributed by atoms with Gasteiger partial charge in [0.1, 0.15) is 17.5 Å². The van der Waals surface area contributed by atoms with Crippen LogP contribution in [0.15, 0.2) is 6.07 Å². The van der Waals surface area contributed by atoms with E-state index in [2.05, 4.69) is 22.2 Å². The average Bonchev–Trinajstić information content (AvgIpc) is 2.82. The zero-order valence-corrected chi connectivity index (χ0v) is 11.0. The first-order valence-corrected chi connectivity index (χ1v) is 6.73. The van der Waals surface area contributed by atoms with Crippen LogP contribution < -0.4 is 11.1 Å². The molecule has 0 radical (unpaired) electrons. The second kappa shape index (κ2) is 6.54. The summed E-state index contributed by atoms with van der Waals surface area (Å²) in [5.74, 6) is 2.89. The predicted molar refractivity (Wildman–Crippen MR) is 72.5 cm³/mol. The summed E-state index contributed by atoms with van der Waals surface area (Å²) in [4.78, 5) is 8.67. The molecule has 0 amide bonds. The molecule has 100 valence electrons. The van der Waals surface area contributed by atoms with Crippen molar-refractivity contribution in [2.45, 2.75) is 32.6 Å². The molecule has 2 rings (SSSR count). The second-order valence-electron chi connectivity index (χ2n) is 4.79. The first-order chi connectivity index (χ1) is 8.78. The summed E-state index contributed by atoms with van der Waals surface area (Å²) < 4.78 is 5.36. The van der Waals surface area contributed by atoms with E-state index < -0.39 is 0 Å². The predicted octanol–water partition coefficient (Wildman–Crippen LogP) is 1.85. The smallest absolute Gasteiger partial charge is 0.133 e. The maximum Gasteiger partial charge on any atom is 0.133 e. The van der Waals surface area contributed by atoms with Gasteiger partial charge in [-0.05, 0) is 25.2 Å². The number of hydrogen-bond donors (Lipinski definition) is 2. The highest BCUT2D eigenvalue weighted by Gasteiger charge is 2.14. The van der Waals surface area contributed by atoms with Crippen LogP contribution >= 0.6 is 0 Å². The van der Waals surface area contributed by atoms with Crippen LogP contribution in [0.4, 0.5) is 11.6 Å². The van der Waals surface area contributed by atoms with Gasteiger partial charge >= 0.3 is 0 Å². The summed E-state index contributed by atoms with van der Waals surface area (Å²) in [6.45, 7) is 4.83. The molecule has 18 heavy (non-hydrogen) atoms. The van der Waals surface area contributed by atoms with Crippen molar-refractivity contribution in [1.82, 2.24) is 9.97 Å². The number of ether oxygens (including phenoxy) is 1. The van der Waals surface area contributed by atoms with Crippen LogP contribution in [0.5, 0.6) is 0 Å². The Bertz CT molecular complexity index is 377. The molecule has 1 unspecified atom stereocenters. The van der Waals surface area contributed by atoms with Gasteiger partial charge in [0.2, 0.25) is 0 Å². The van der Waals surface area contributed by atoms with Crippen LogP contribution in [0.3, 0.4) is 0 Å². The fourth-order valence-corrected chi connectivity index (χ4v) is 2.16. The highest BCUT2D eigenvalue weighted by Crippen LogP contribution is 2.16. The Morgan fingerprint density at radius 2 is 2.39 bits per heavy atom. The molecule has 2 heterocycles. The van der Waals surface area contributed by atoms with E-state index in [0.29, 0.717) is 11.7 Å². The normalized spacial score (nSPS) is 19.1. The fourth-order valence-electron chi connectivity index (χ4n) is 2.16. The molecule has 1 aromatic rings. The highest BCUT2D eigenvalue weighted by atomic mass is 16.5. The van der Waals surface area contributed by atoms with Crippen LogP contribution in [0.25, 0.3) is 0 Å². The molecule has 0 saturated carbocycles. The van der Waals surface area contributed by atoms with Crippen molar-refractivity contribution < 1.29 is 4.74 Å². The van der Waals surface area contributed by atoms with Gasteiger partial charge in [0, 0.05) is 32.2 Å². The molecule has 1 aromatic heterocycles. The third-order valence-corrected chi connectivity index (χ3v) is 3.15. The standard InChI is InChI=1S/C13H22N4O/c1-2-3-12-16-11(14)8-13(17-12)15-6-4-10-5-7-18-9-10/h8,10H,2-7,9H2,1H3,(H3,14,15,16,17). The van der Waals surface area contributed by atoms with E-state index in [9.17, 15) is 0 Å². The number of anilines is 2. The van der Waals surface area contributed by atoms with Crippen LogP contribution in [0.1, 0.15) is 32.0 Å². The van der Waals surface area contributed by atoms with Gasteiger partial charge in [0.15, 0.2) is 0 Å². The summed E-state index contributed by atoms with van der Waals surface area (Å²) in [6, 6.07) is 1.80. The van der Waals surface area contributed by atoms with E-state index in [1.165, 1.54) is 6.42 Å². The summed E-state index contributed by atoms with van der Waals surface area (Å²) in [5.41, 5.74) is 5.77. The van der Waals surface area contributed by atoms with Gasteiger partial charge in [-0.15, -0.1) is 0 Å². The fraction of sp³-hybridized carbons (Fsp3) is 0.692. The lowest BCUT2D eigenvalue weighted by molar-refractivity contribution is 0.185. The molecule has 0 aromatic carbocycles. The van der Waals surface area contributed by atoms with Gasteiger partial charge in [0.05, 0.1) is 0 Å². The molecule has 5 heteroatoms. The molecule has 5 nitrogen and oxygen atoms in total. The maximum absolute atomic E-state index is 5.77. The number of nitrogens with two attached hydrogens (primary N) is 1. The second-order valence-corrected chi connectivity index (χ2v) is 4.79. The average molecular weight is 250 g/mol. The molecule has 1 saturated heterocycles. The minimum Gasteiger partial charge on any atom is -0.384 e. The Morgan fingerprint density at radius 3 is 3.11 bits per heavy atom. The Kier molecular flexibility index (Phi) is 4.75. The van der Waals surface area contributed by atoms with Crippen molar-refractivity contribution in [1.29, 1.82) is 0 Å². The number of nitrogens with one attached hydrogen (secondary N) is 1. The molecule has 1 aliphatic heterocycles. The summed E-state index contributed by atoms with van der Waals surface area (Å²) in [5, 5.41) is 3.32. The molecule has 0 bridgehead atoms. The van der Waals surface area contributed by atoms with Crippen molar-refractivity contribution in [2.75, 3.05) is 30.8 Å². The molecule has 0 aliphatic carbocycles. The van der Waals surface area contributed by atoms with Crippen molar-refractivity contribution in [2.24, 2.45) is 5.92 Å². The minimum atomic E-state index is 0.542. The van der Waals surface area contributed by atoms with E-state index in [4.69, 9.17) is 10.5 Å². The van der Waals surface area contributed by atoms with Crippen molar-refractivity contribution in [3.05, 3.63) is 11.9 Å². The van der Waals surface area contributed by atoms with E-state index in [-0.39, 0.29) is 0 Å². The number of nitrogens with zero attached hydrogens (tertiary/aromatic N) is 2. The zero-order chi connectivity index (χ0) is 12.8. The molecule has 1 atom stereocenters. The lowest BCUT2D eigenvalue weighted by Crippen LogP contribution is -2.11. The van der Waals surface area contributed by atoms with E-state index in [1.807, 2.05) is 0 Å². The van der Waals surface area contributed by atoms with Crippen LogP contribution in [-0.2, 0) is 11.2 Å². The van der Waals surface area contributed by atoms with Gasteiger partial charge in [-0.25, -0.2) is 9.97 Å². The topological polar surface area (TPSA) is 73.1 Å². The molecular formula is C13H22N4O. The highest BCUT2D eigenvalue weighted by molar-refractivity contribution is 5.44. The lowest BCUT2D eigenvalue weighted by atomic mass is 10.1. The Balaban J connectivity index is 1.83. The lowest BCUT2D eigenvalue weighted by Gasteiger charge is -2.10. The van der Waals surface area contributed by atoms with Gasteiger partial charge in [-0.3, -0.25) is 0 Å². The minimum absolute atomic E-state index is 0.542. The third kappa shape index (κ3) is 3.84. The van der Waals surface area contributed by atoms with Gasteiger partial charge < -0.3 is 15.8 Å². The third-order valence-electron chi connectivity index (χ3n) is 3.15. The molecule has 0 spiro atoms. The van der Waals surface area contributed by atoms with E-state index >= 15 is 0 Å². The zero-order valence-electron chi connectivity index (χ0n) is 11.0. The number of aromatic nitrogens is 2.